The Labute approximate surface area is 212 Å². The number of allylic oxidation sites excluding steroid dienone is 1. The molecule has 1 fully saturated rings. The Balaban J connectivity index is 1.29. The molecular weight excluding hydrogens is 474 g/mol. The Bertz CT molecular complexity index is 1520. The molecular formula is C24H27N11O2. The van der Waals surface area contributed by atoms with Gasteiger partial charge in [0.25, 0.3) is 5.91 Å². The highest BCUT2D eigenvalue weighted by Gasteiger charge is 2.32. The number of hydrogen-bond donors (Lipinski definition) is 2. The minimum Gasteiger partial charge on any atom is -0.375 e. The zero-order chi connectivity index (χ0) is 25.7. The number of rotatable bonds is 4. The Morgan fingerprint density at radius 3 is 2.92 bits per heavy atom. The SMILES string of the molecule is CC1=C(C(=O)Nc2ccc3[nH]nc(-c4cc(N5CCO[C@H](C)C5)ncn4)c3c2)C(C)n2nnnc2N1C. The molecule has 13 nitrogen and oxygen atoms in total. The number of morpholine rings is 1. The summed E-state index contributed by atoms with van der Waals surface area (Å²) in [6.07, 6.45) is 1.70. The van der Waals surface area contributed by atoms with Crippen molar-refractivity contribution >= 4 is 34.3 Å². The molecule has 2 aliphatic heterocycles. The van der Waals surface area contributed by atoms with E-state index in [0.29, 0.717) is 35.2 Å². The van der Waals surface area contributed by atoms with Crippen LogP contribution >= 0.6 is 0 Å². The number of hydrogen-bond acceptors (Lipinski definition) is 10. The van der Waals surface area contributed by atoms with E-state index in [2.05, 4.69) is 52.8 Å². The molecule has 0 radical (unpaired) electrons. The second-order valence-corrected chi connectivity index (χ2v) is 9.33. The van der Waals surface area contributed by atoms with Gasteiger partial charge in [-0.05, 0) is 49.4 Å². The molecule has 2 aliphatic rings. The van der Waals surface area contributed by atoms with Gasteiger partial charge in [-0.15, -0.1) is 0 Å². The molecule has 2 atom stereocenters. The minimum absolute atomic E-state index is 0.141. The second kappa shape index (κ2) is 8.92. The van der Waals surface area contributed by atoms with Gasteiger partial charge in [0.05, 0.1) is 35.5 Å². The lowest BCUT2D eigenvalue weighted by Crippen LogP contribution is -2.41. The van der Waals surface area contributed by atoms with E-state index in [0.717, 1.165) is 35.5 Å². The maximum atomic E-state index is 13.4. The summed E-state index contributed by atoms with van der Waals surface area (Å²) in [5, 5.41) is 23.3. The van der Waals surface area contributed by atoms with Crippen molar-refractivity contribution in [1.29, 1.82) is 0 Å². The van der Waals surface area contributed by atoms with Crippen LogP contribution in [0.1, 0.15) is 26.8 Å². The summed E-state index contributed by atoms with van der Waals surface area (Å²) in [7, 11) is 1.84. The fraction of sp³-hybridized carbons (Fsp3) is 0.375. The highest BCUT2D eigenvalue weighted by molar-refractivity contribution is 6.07. The van der Waals surface area contributed by atoms with Crippen LogP contribution in [0.3, 0.4) is 0 Å². The maximum Gasteiger partial charge on any atom is 0.255 e. The van der Waals surface area contributed by atoms with Gasteiger partial charge >= 0.3 is 0 Å². The first-order valence-electron chi connectivity index (χ1n) is 12.1. The molecule has 6 rings (SSSR count). The summed E-state index contributed by atoms with van der Waals surface area (Å²) in [5.74, 6) is 1.22. The van der Waals surface area contributed by atoms with E-state index in [1.807, 2.05) is 50.1 Å². The van der Waals surface area contributed by atoms with Gasteiger partial charge in [-0.1, -0.05) is 5.10 Å². The van der Waals surface area contributed by atoms with Crippen LogP contribution in [0, 0.1) is 0 Å². The molecule has 13 heteroatoms. The summed E-state index contributed by atoms with van der Waals surface area (Å²) < 4.78 is 7.30. The number of anilines is 3. The van der Waals surface area contributed by atoms with E-state index in [-0.39, 0.29) is 18.1 Å². The summed E-state index contributed by atoms with van der Waals surface area (Å²) in [4.78, 5) is 26.4. The van der Waals surface area contributed by atoms with Gasteiger partial charge in [0.15, 0.2) is 0 Å². The van der Waals surface area contributed by atoms with Crippen LogP contribution < -0.4 is 15.1 Å². The predicted octanol–water partition coefficient (Wildman–Crippen LogP) is 2.15. The molecule has 0 saturated carbocycles. The Hall–Kier alpha value is -4.39. The van der Waals surface area contributed by atoms with Crippen molar-refractivity contribution in [2.45, 2.75) is 32.9 Å². The molecule has 5 heterocycles. The number of aromatic nitrogens is 8. The van der Waals surface area contributed by atoms with Crippen LogP contribution in [-0.4, -0.2) is 79.1 Å². The first-order valence-corrected chi connectivity index (χ1v) is 12.1. The lowest BCUT2D eigenvalue weighted by atomic mass is 10.0. The summed E-state index contributed by atoms with van der Waals surface area (Å²) >= 11 is 0. The molecule has 1 amide bonds. The van der Waals surface area contributed by atoms with Gasteiger partial charge in [-0.3, -0.25) is 9.89 Å². The number of amides is 1. The lowest BCUT2D eigenvalue weighted by molar-refractivity contribution is -0.113. The van der Waals surface area contributed by atoms with Crippen LogP contribution in [0.2, 0.25) is 0 Å². The molecule has 1 saturated heterocycles. The first kappa shape index (κ1) is 23.0. The molecule has 0 bridgehead atoms. The predicted molar refractivity (Wildman–Crippen MR) is 137 cm³/mol. The quantitative estimate of drug-likeness (QED) is 0.427. The van der Waals surface area contributed by atoms with Crippen LogP contribution in [0.5, 0.6) is 0 Å². The van der Waals surface area contributed by atoms with Gasteiger partial charge in [0.1, 0.15) is 17.8 Å². The fourth-order valence-corrected chi connectivity index (χ4v) is 4.93. The minimum atomic E-state index is -0.309. The van der Waals surface area contributed by atoms with Crippen molar-refractivity contribution in [3.63, 3.8) is 0 Å². The highest BCUT2D eigenvalue weighted by atomic mass is 16.5. The molecule has 0 spiro atoms. The molecule has 0 aliphatic carbocycles. The number of aromatic amines is 1. The van der Waals surface area contributed by atoms with Crippen LogP contribution in [0.4, 0.5) is 17.5 Å². The summed E-state index contributed by atoms with van der Waals surface area (Å²) in [5.41, 5.74) is 4.27. The number of carbonyl (C=O) groups excluding carboxylic acids is 1. The number of benzene rings is 1. The number of ether oxygens (including phenoxy) is 1. The topological polar surface area (TPSA) is 143 Å². The van der Waals surface area contributed by atoms with Crippen LogP contribution in [0.15, 0.2) is 41.9 Å². The average molecular weight is 502 g/mol. The van der Waals surface area contributed by atoms with Crippen molar-refractivity contribution in [2.75, 3.05) is 41.9 Å². The third-order valence-corrected chi connectivity index (χ3v) is 6.98. The molecule has 4 aromatic rings. The number of nitrogens with one attached hydrogen (secondary N) is 2. The average Bonchev–Trinajstić information content (AvgIpc) is 3.55. The number of tetrazole rings is 1. The van der Waals surface area contributed by atoms with Gasteiger partial charge in [-0.25, -0.2) is 14.6 Å². The molecule has 1 aromatic carbocycles. The largest absolute Gasteiger partial charge is 0.375 e. The monoisotopic (exact) mass is 501 g/mol. The van der Waals surface area contributed by atoms with Crippen molar-refractivity contribution in [2.24, 2.45) is 0 Å². The van der Waals surface area contributed by atoms with E-state index in [4.69, 9.17) is 4.74 Å². The van der Waals surface area contributed by atoms with E-state index in [9.17, 15) is 4.79 Å². The van der Waals surface area contributed by atoms with Gasteiger partial charge < -0.3 is 19.9 Å². The molecule has 37 heavy (non-hydrogen) atoms. The standard InChI is InChI=1S/C24H27N11O2/c1-13-11-34(7-8-37-13)20-10-19(25-12-26-20)22-17-9-16(5-6-18(17)28-29-22)27-23(36)21-14(2)33(4)24-30-31-32-35(24)15(21)3/h5-6,9-10,12-13,15H,7-8,11H2,1-4H3,(H,27,36)(H,28,29)/t13-,15?/m1/s1. The number of carbonyl (C=O) groups is 1. The van der Waals surface area contributed by atoms with Gasteiger partial charge in [0.2, 0.25) is 5.95 Å². The molecule has 190 valence electrons. The van der Waals surface area contributed by atoms with E-state index in [1.54, 1.807) is 11.0 Å². The Kier molecular flexibility index (Phi) is 5.56. The smallest absolute Gasteiger partial charge is 0.255 e. The molecule has 2 N–H and O–H groups in total. The van der Waals surface area contributed by atoms with E-state index in [1.165, 1.54) is 0 Å². The van der Waals surface area contributed by atoms with E-state index < -0.39 is 0 Å². The van der Waals surface area contributed by atoms with Crippen LogP contribution in [-0.2, 0) is 9.53 Å². The third kappa shape index (κ3) is 3.96. The van der Waals surface area contributed by atoms with Crippen molar-refractivity contribution in [3.8, 4) is 11.4 Å². The van der Waals surface area contributed by atoms with Gasteiger partial charge in [0, 0.05) is 43.0 Å². The maximum absolute atomic E-state index is 13.4. The van der Waals surface area contributed by atoms with Crippen LogP contribution in [0.25, 0.3) is 22.3 Å². The summed E-state index contributed by atoms with van der Waals surface area (Å²) in [6, 6.07) is 7.27. The lowest BCUT2D eigenvalue weighted by Gasteiger charge is -2.32. The molecule has 3 aromatic heterocycles. The van der Waals surface area contributed by atoms with Crippen molar-refractivity contribution in [3.05, 3.63) is 41.9 Å². The van der Waals surface area contributed by atoms with E-state index >= 15 is 0 Å². The number of H-pyrrole nitrogens is 1. The highest BCUT2D eigenvalue weighted by Crippen LogP contribution is 2.33. The second-order valence-electron chi connectivity index (χ2n) is 9.33. The normalized spacial score (nSPS) is 19.9. The summed E-state index contributed by atoms with van der Waals surface area (Å²) in [6.45, 7) is 8.05. The first-order chi connectivity index (χ1) is 17.9. The number of nitrogens with zero attached hydrogens (tertiary/aromatic N) is 9. The zero-order valence-corrected chi connectivity index (χ0v) is 21.0. The van der Waals surface area contributed by atoms with Crippen molar-refractivity contribution < 1.29 is 9.53 Å². The number of fused-ring (bicyclic) bond motifs is 2. The Morgan fingerprint density at radius 1 is 1.22 bits per heavy atom. The molecule has 1 unspecified atom stereocenters. The Morgan fingerprint density at radius 2 is 2.08 bits per heavy atom. The van der Waals surface area contributed by atoms with Gasteiger partial charge in [-0.2, -0.15) is 5.10 Å². The zero-order valence-electron chi connectivity index (χ0n) is 21.0. The third-order valence-electron chi connectivity index (χ3n) is 6.98. The fourth-order valence-electron chi connectivity index (χ4n) is 4.93. The van der Waals surface area contributed by atoms with Crippen molar-refractivity contribution in [1.82, 2.24) is 40.4 Å².